The van der Waals surface area contributed by atoms with Crippen molar-refractivity contribution in [2.45, 2.75) is 6.92 Å². The highest BCUT2D eigenvalue weighted by Gasteiger charge is 1.95. The van der Waals surface area contributed by atoms with Gasteiger partial charge in [0.25, 0.3) is 0 Å². The predicted molar refractivity (Wildman–Crippen MR) is 39.4 cm³/mol. The molecule has 0 unspecified atom stereocenters. The number of methoxy groups -OCH3 is 1. The van der Waals surface area contributed by atoms with Crippen molar-refractivity contribution in [2.75, 3.05) is 7.11 Å². The normalized spacial score (nSPS) is 9.40. The van der Waals surface area contributed by atoms with E-state index < -0.39 is 0 Å². The summed E-state index contributed by atoms with van der Waals surface area (Å²) in [6.07, 6.45) is 0. The first kappa shape index (κ1) is 6.93. The number of phenols is 1. The van der Waals surface area contributed by atoms with Gasteiger partial charge in [0.05, 0.1) is 7.11 Å². The van der Waals surface area contributed by atoms with Crippen LogP contribution in [0.4, 0.5) is 0 Å². The Labute approximate surface area is 60.1 Å². The summed E-state index contributed by atoms with van der Waals surface area (Å²) in [7, 11) is 1.57. The van der Waals surface area contributed by atoms with Gasteiger partial charge in [-0.1, -0.05) is 6.07 Å². The van der Waals surface area contributed by atoms with Gasteiger partial charge in [0, 0.05) is 6.07 Å². The number of hydrogen-bond donors (Lipinski definition) is 1. The quantitative estimate of drug-likeness (QED) is 0.641. The topological polar surface area (TPSA) is 29.5 Å². The summed E-state index contributed by atoms with van der Waals surface area (Å²) in [5.41, 5.74) is 0.862. The second-order valence-electron chi connectivity index (χ2n) is 2.15. The van der Waals surface area contributed by atoms with E-state index in [4.69, 9.17) is 9.84 Å². The maximum absolute atomic E-state index is 9.15. The van der Waals surface area contributed by atoms with Gasteiger partial charge in [0.1, 0.15) is 11.5 Å². The van der Waals surface area contributed by atoms with Crippen LogP contribution in [0.3, 0.4) is 0 Å². The minimum Gasteiger partial charge on any atom is -0.508 e. The summed E-state index contributed by atoms with van der Waals surface area (Å²) < 4.78 is 4.89. The lowest BCUT2D eigenvalue weighted by Crippen LogP contribution is -1.82. The molecular weight excluding hydrogens is 129 g/mol. The molecule has 0 fully saturated rings. The maximum atomic E-state index is 9.15. The smallest absolute Gasteiger partial charge is 0.122 e. The Hall–Kier alpha value is -1.18. The molecule has 0 bridgehead atoms. The summed E-state index contributed by atoms with van der Waals surface area (Å²) in [6, 6.07) is 5.22. The molecule has 0 radical (unpaired) electrons. The van der Waals surface area contributed by atoms with E-state index in [2.05, 4.69) is 0 Å². The molecule has 1 rings (SSSR count). The molecule has 0 atom stereocenters. The minimum atomic E-state index is 0.277. The zero-order valence-electron chi connectivity index (χ0n) is 6.09. The third-order valence-corrected chi connectivity index (χ3v) is 1.42. The molecule has 10 heavy (non-hydrogen) atoms. The maximum Gasteiger partial charge on any atom is 0.122 e. The summed E-state index contributed by atoms with van der Waals surface area (Å²) >= 11 is 0. The summed E-state index contributed by atoms with van der Waals surface area (Å²) in [6.45, 7) is 1.84. The van der Waals surface area contributed by atoms with E-state index >= 15 is 0 Å². The van der Waals surface area contributed by atoms with Gasteiger partial charge < -0.3 is 9.84 Å². The van der Waals surface area contributed by atoms with Gasteiger partial charge in [0.15, 0.2) is 0 Å². The first-order valence-corrected chi connectivity index (χ1v) is 3.07. The number of rotatable bonds is 1. The Morgan fingerprint density at radius 3 is 2.60 bits per heavy atom. The molecule has 0 saturated carbocycles. The van der Waals surface area contributed by atoms with Crippen LogP contribution in [-0.4, -0.2) is 12.2 Å². The van der Waals surface area contributed by atoms with Gasteiger partial charge in [-0.15, -0.1) is 0 Å². The van der Waals surface area contributed by atoms with Gasteiger partial charge in [-0.3, -0.25) is 0 Å². The van der Waals surface area contributed by atoms with E-state index in [0.29, 0.717) is 5.75 Å². The highest BCUT2D eigenvalue weighted by molar-refractivity contribution is 5.38. The molecule has 2 nitrogen and oxygen atoms in total. The molecule has 0 aliphatic heterocycles. The number of hydrogen-bond acceptors (Lipinski definition) is 2. The number of aryl methyl sites for hydroxylation is 1. The van der Waals surface area contributed by atoms with Crippen molar-refractivity contribution < 1.29 is 9.84 Å². The van der Waals surface area contributed by atoms with Gasteiger partial charge in [0.2, 0.25) is 0 Å². The monoisotopic (exact) mass is 139 g/mol. The Kier molecular flexibility index (Phi) is 1.81. The Bertz CT molecular complexity index is 231. The summed E-state index contributed by atoms with van der Waals surface area (Å²) in [5, 5.41) is 9.15. The lowest BCUT2D eigenvalue weighted by molar-refractivity contribution is 0.407. The van der Waals surface area contributed by atoms with Crippen LogP contribution < -0.4 is 4.74 Å². The lowest BCUT2D eigenvalue weighted by atomic mass is 10.3. The fourth-order valence-electron chi connectivity index (χ4n) is 0.716. The molecule has 1 N–H and O–H groups in total. The standard InChI is InChI=1S/C8H10O2/c1-6-3-4-7(10-2)5-8(6)9/h3-5,9H,1-2H3/i5+1. The summed E-state index contributed by atoms with van der Waals surface area (Å²) in [5.74, 6) is 0.961. The first-order chi connectivity index (χ1) is 4.74. The average molecular weight is 139 g/mol. The molecule has 0 amide bonds. The van der Waals surface area contributed by atoms with Gasteiger partial charge in [-0.25, -0.2) is 0 Å². The molecular formula is C8H10O2. The molecule has 0 spiro atoms. The Balaban J connectivity index is 3.04. The van der Waals surface area contributed by atoms with E-state index in [1.54, 1.807) is 13.2 Å². The van der Waals surface area contributed by atoms with Crippen LogP contribution >= 0.6 is 0 Å². The SMILES string of the molecule is COc1ccc(C)c(O)[13cH]1. The zero-order chi connectivity index (χ0) is 7.56. The van der Waals surface area contributed by atoms with Gasteiger partial charge >= 0.3 is 0 Å². The molecule has 2 heteroatoms. The predicted octanol–water partition coefficient (Wildman–Crippen LogP) is 1.71. The highest BCUT2D eigenvalue weighted by atomic mass is 16.5. The van der Waals surface area contributed by atoms with E-state index in [1.807, 2.05) is 19.1 Å². The zero-order valence-corrected chi connectivity index (χ0v) is 6.09. The second kappa shape index (κ2) is 2.60. The van der Waals surface area contributed by atoms with Crippen molar-refractivity contribution >= 4 is 0 Å². The van der Waals surface area contributed by atoms with Crippen molar-refractivity contribution in [2.24, 2.45) is 0 Å². The van der Waals surface area contributed by atoms with E-state index in [0.717, 1.165) is 5.56 Å². The number of aromatic hydroxyl groups is 1. The van der Waals surface area contributed by atoms with Crippen LogP contribution in [0.25, 0.3) is 0 Å². The van der Waals surface area contributed by atoms with Crippen LogP contribution in [0.1, 0.15) is 5.56 Å². The fourth-order valence-corrected chi connectivity index (χ4v) is 0.716. The van der Waals surface area contributed by atoms with E-state index in [1.165, 1.54) is 0 Å². The third-order valence-electron chi connectivity index (χ3n) is 1.42. The van der Waals surface area contributed by atoms with Crippen LogP contribution in [0.2, 0.25) is 0 Å². The molecule has 54 valence electrons. The van der Waals surface area contributed by atoms with Crippen LogP contribution in [-0.2, 0) is 0 Å². The second-order valence-corrected chi connectivity index (χ2v) is 2.15. The molecule has 1 aromatic rings. The highest BCUT2D eigenvalue weighted by Crippen LogP contribution is 2.21. The van der Waals surface area contributed by atoms with Gasteiger partial charge in [-0.2, -0.15) is 0 Å². The number of benzene rings is 1. The fraction of sp³-hybridized carbons (Fsp3) is 0.250. The van der Waals surface area contributed by atoms with E-state index in [-0.39, 0.29) is 5.75 Å². The van der Waals surface area contributed by atoms with Gasteiger partial charge in [-0.05, 0) is 18.6 Å². The molecule has 1 aromatic carbocycles. The van der Waals surface area contributed by atoms with Crippen molar-refractivity contribution in [3.63, 3.8) is 0 Å². The first-order valence-electron chi connectivity index (χ1n) is 3.07. The van der Waals surface area contributed by atoms with Crippen LogP contribution in [0.15, 0.2) is 18.2 Å². The minimum absolute atomic E-state index is 0.277. The van der Waals surface area contributed by atoms with Crippen LogP contribution in [0.5, 0.6) is 11.5 Å². The molecule has 0 saturated heterocycles. The largest absolute Gasteiger partial charge is 0.508 e. The summed E-state index contributed by atoms with van der Waals surface area (Å²) in [4.78, 5) is 0. The third kappa shape index (κ3) is 1.21. The molecule has 0 aliphatic carbocycles. The Morgan fingerprint density at radius 1 is 1.40 bits per heavy atom. The molecule has 0 aliphatic rings. The average Bonchev–Trinajstić information content (AvgIpc) is 1.95. The Morgan fingerprint density at radius 2 is 2.10 bits per heavy atom. The number of ether oxygens (including phenoxy) is 1. The lowest BCUT2D eigenvalue weighted by Gasteiger charge is -2.01. The molecule has 0 aromatic heterocycles. The van der Waals surface area contributed by atoms with Crippen molar-refractivity contribution in [1.29, 1.82) is 0 Å². The van der Waals surface area contributed by atoms with Crippen molar-refractivity contribution in [1.82, 2.24) is 0 Å². The van der Waals surface area contributed by atoms with Crippen LogP contribution in [0, 0.1) is 6.92 Å². The van der Waals surface area contributed by atoms with Crippen molar-refractivity contribution in [3.8, 4) is 11.5 Å². The molecule has 0 heterocycles. The van der Waals surface area contributed by atoms with Crippen molar-refractivity contribution in [3.05, 3.63) is 23.8 Å². The van der Waals surface area contributed by atoms with E-state index in [9.17, 15) is 0 Å². The number of phenolic OH excluding ortho intramolecular Hbond substituents is 1.